The second-order valence-electron chi connectivity index (χ2n) is 5.12. The van der Waals surface area contributed by atoms with Crippen LogP contribution in [0.15, 0.2) is 24.3 Å². The van der Waals surface area contributed by atoms with E-state index in [0.29, 0.717) is 11.8 Å². The smallest absolute Gasteiger partial charge is 0.0231 e. The topological polar surface area (TPSA) is 0 Å². The average Bonchev–Trinajstić information content (AvgIpc) is 2.22. The molecular weight excluding hydrogens is 180 g/mol. The maximum atomic E-state index is 2.33. The zero-order valence-corrected chi connectivity index (χ0v) is 11.3. The first kappa shape index (κ1) is 14.5. The van der Waals surface area contributed by atoms with E-state index in [1.54, 1.807) is 0 Å². The zero-order chi connectivity index (χ0) is 11.8. The lowest BCUT2D eigenvalue weighted by Gasteiger charge is -2.20. The molecule has 88 valence electrons. The Labute approximate surface area is 96.5 Å². The van der Waals surface area contributed by atoms with Crippen LogP contribution in [0.5, 0.6) is 0 Å². The van der Waals surface area contributed by atoms with Crippen molar-refractivity contribution in [3.63, 3.8) is 0 Å². The van der Waals surface area contributed by atoms with Gasteiger partial charge in [0.25, 0.3) is 0 Å². The van der Waals surface area contributed by atoms with E-state index in [4.69, 9.17) is 0 Å². The molecule has 0 radical (unpaired) electrons. The maximum absolute atomic E-state index is 2.33. The first-order chi connectivity index (χ1) is 6.99. The number of rotatable bonds is 6. The van der Waals surface area contributed by atoms with Gasteiger partial charge >= 0.3 is 0 Å². The van der Waals surface area contributed by atoms with Gasteiger partial charge in [-0.15, -0.1) is 0 Å². The molecule has 0 saturated heterocycles. The molecular formula is C15H28. The Hall–Kier alpha value is -0.520. The lowest BCUT2D eigenvalue weighted by molar-refractivity contribution is 0.342. The van der Waals surface area contributed by atoms with E-state index in [1.807, 2.05) is 0 Å². The van der Waals surface area contributed by atoms with E-state index in [-0.39, 0.29) is 0 Å². The number of hydrogen-bond acceptors (Lipinski definition) is 0. The molecule has 0 fully saturated rings. The van der Waals surface area contributed by atoms with Crippen molar-refractivity contribution in [3.05, 3.63) is 24.3 Å². The van der Waals surface area contributed by atoms with Crippen molar-refractivity contribution in [1.82, 2.24) is 0 Å². The average molecular weight is 208 g/mol. The van der Waals surface area contributed by atoms with Gasteiger partial charge in [0.05, 0.1) is 0 Å². The lowest BCUT2D eigenvalue weighted by atomic mass is 9.86. The fourth-order valence-corrected chi connectivity index (χ4v) is 1.41. The SMILES string of the molecule is CCC(C)C=CC=CC(C)C(C)C(C)C. The second kappa shape index (κ2) is 7.73. The molecule has 0 rings (SSSR count). The summed E-state index contributed by atoms with van der Waals surface area (Å²) in [4.78, 5) is 0. The Morgan fingerprint density at radius 3 is 1.87 bits per heavy atom. The summed E-state index contributed by atoms with van der Waals surface area (Å²) in [6.07, 6.45) is 10.2. The molecule has 0 aromatic carbocycles. The van der Waals surface area contributed by atoms with Crippen molar-refractivity contribution in [2.24, 2.45) is 23.7 Å². The minimum Gasteiger partial charge on any atom is -0.0817 e. The van der Waals surface area contributed by atoms with Crippen LogP contribution in [0, 0.1) is 23.7 Å². The van der Waals surface area contributed by atoms with Gasteiger partial charge < -0.3 is 0 Å². The van der Waals surface area contributed by atoms with Crippen molar-refractivity contribution in [1.29, 1.82) is 0 Å². The Balaban J connectivity index is 4.01. The van der Waals surface area contributed by atoms with E-state index in [9.17, 15) is 0 Å². The van der Waals surface area contributed by atoms with E-state index in [2.05, 4.69) is 65.8 Å². The van der Waals surface area contributed by atoms with Gasteiger partial charge in [0.15, 0.2) is 0 Å². The van der Waals surface area contributed by atoms with Crippen LogP contribution < -0.4 is 0 Å². The highest BCUT2D eigenvalue weighted by molar-refractivity contribution is 5.05. The molecule has 3 atom stereocenters. The Morgan fingerprint density at radius 1 is 0.867 bits per heavy atom. The van der Waals surface area contributed by atoms with Gasteiger partial charge in [-0.2, -0.15) is 0 Å². The molecule has 0 aromatic rings. The molecule has 0 N–H and O–H groups in total. The molecule has 0 bridgehead atoms. The molecule has 0 aliphatic carbocycles. The first-order valence-electron chi connectivity index (χ1n) is 6.34. The van der Waals surface area contributed by atoms with E-state index >= 15 is 0 Å². The first-order valence-corrected chi connectivity index (χ1v) is 6.34. The summed E-state index contributed by atoms with van der Waals surface area (Å²) in [5.74, 6) is 2.90. The van der Waals surface area contributed by atoms with Crippen molar-refractivity contribution in [2.45, 2.75) is 48.0 Å². The number of hydrogen-bond donors (Lipinski definition) is 0. The Kier molecular flexibility index (Phi) is 7.46. The normalized spacial score (nSPS) is 18.9. The zero-order valence-electron chi connectivity index (χ0n) is 11.3. The minimum atomic E-state index is 0.673. The Bertz CT molecular complexity index is 198. The number of allylic oxidation sites excluding steroid dienone is 4. The highest BCUT2D eigenvalue weighted by Gasteiger charge is 2.12. The summed E-state index contributed by atoms with van der Waals surface area (Å²) in [7, 11) is 0. The molecule has 0 aromatic heterocycles. The van der Waals surface area contributed by atoms with Crippen LogP contribution in [0.25, 0.3) is 0 Å². The van der Waals surface area contributed by atoms with Gasteiger partial charge in [-0.3, -0.25) is 0 Å². The van der Waals surface area contributed by atoms with Gasteiger partial charge in [0.2, 0.25) is 0 Å². The van der Waals surface area contributed by atoms with Gasteiger partial charge in [0, 0.05) is 0 Å². The third-order valence-electron chi connectivity index (χ3n) is 3.49. The summed E-state index contributed by atoms with van der Waals surface area (Å²) < 4.78 is 0. The molecule has 0 amide bonds. The highest BCUT2D eigenvalue weighted by atomic mass is 14.2. The van der Waals surface area contributed by atoms with Crippen molar-refractivity contribution < 1.29 is 0 Å². The van der Waals surface area contributed by atoms with Crippen LogP contribution in [0.4, 0.5) is 0 Å². The molecule has 0 saturated carbocycles. The van der Waals surface area contributed by atoms with Crippen LogP contribution in [0.1, 0.15) is 48.0 Å². The van der Waals surface area contributed by atoms with Gasteiger partial charge in [0.1, 0.15) is 0 Å². The van der Waals surface area contributed by atoms with Crippen molar-refractivity contribution >= 4 is 0 Å². The maximum Gasteiger partial charge on any atom is -0.0231 e. The lowest BCUT2D eigenvalue weighted by Crippen LogP contribution is -2.11. The summed E-state index contributed by atoms with van der Waals surface area (Å²) in [5, 5.41) is 0. The third-order valence-corrected chi connectivity index (χ3v) is 3.49. The van der Waals surface area contributed by atoms with Gasteiger partial charge in [-0.05, 0) is 23.7 Å². The highest BCUT2D eigenvalue weighted by Crippen LogP contribution is 2.20. The minimum absolute atomic E-state index is 0.673. The van der Waals surface area contributed by atoms with E-state index < -0.39 is 0 Å². The van der Waals surface area contributed by atoms with Crippen LogP contribution >= 0.6 is 0 Å². The molecule has 15 heavy (non-hydrogen) atoms. The van der Waals surface area contributed by atoms with Crippen LogP contribution in [0.2, 0.25) is 0 Å². The molecule has 0 heterocycles. The standard InChI is InChI=1S/C15H28/c1-7-13(4)10-8-9-11-14(5)15(6)12(2)3/h8-15H,7H2,1-6H3. The fourth-order valence-electron chi connectivity index (χ4n) is 1.41. The van der Waals surface area contributed by atoms with Crippen LogP contribution in [-0.4, -0.2) is 0 Å². The van der Waals surface area contributed by atoms with E-state index in [0.717, 1.165) is 11.8 Å². The predicted molar refractivity (Wildman–Crippen MR) is 70.9 cm³/mol. The summed E-state index contributed by atoms with van der Waals surface area (Å²) in [6, 6.07) is 0. The molecule has 0 heteroatoms. The Morgan fingerprint density at radius 2 is 1.40 bits per heavy atom. The van der Waals surface area contributed by atoms with Gasteiger partial charge in [-0.1, -0.05) is 72.3 Å². The monoisotopic (exact) mass is 208 g/mol. The van der Waals surface area contributed by atoms with Crippen LogP contribution in [-0.2, 0) is 0 Å². The molecule has 0 nitrogen and oxygen atoms in total. The predicted octanol–water partition coefficient (Wildman–Crippen LogP) is 5.07. The molecule has 0 spiro atoms. The second-order valence-corrected chi connectivity index (χ2v) is 5.12. The molecule has 0 aliphatic rings. The third kappa shape index (κ3) is 6.54. The fraction of sp³-hybridized carbons (Fsp3) is 0.733. The quantitative estimate of drug-likeness (QED) is 0.534. The van der Waals surface area contributed by atoms with E-state index in [1.165, 1.54) is 6.42 Å². The largest absolute Gasteiger partial charge is 0.0817 e. The summed E-state index contributed by atoms with van der Waals surface area (Å²) in [6.45, 7) is 13.7. The van der Waals surface area contributed by atoms with Gasteiger partial charge in [-0.25, -0.2) is 0 Å². The molecule has 3 unspecified atom stereocenters. The van der Waals surface area contributed by atoms with Crippen LogP contribution in [0.3, 0.4) is 0 Å². The van der Waals surface area contributed by atoms with Crippen molar-refractivity contribution in [3.8, 4) is 0 Å². The van der Waals surface area contributed by atoms with Crippen molar-refractivity contribution in [2.75, 3.05) is 0 Å². The summed E-state index contributed by atoms with van der Waals surface area (Å²) >= 11 is 0. The summed E-state index contributed by atoms with van der Waals surface area (Å²) in [5.41, 5.74) is 0. The molecule has 0 aliphatic heterocycles.